The number of rotatable bonds is 2. The Morgan fingerprint density at radius 3 is 2.52 bits per heavy atom. The first-order valence-electron chi connectivity index (χ1n) is 6.13. The highest BCUT2D eigenvalue weighted by Crippen LogP contribution is 2.20. The van der Waals surface area contributed by atoms with E-state index < -0.39 is 5.63 Å². The standard InChI is InChI=1S/C16H9FO3S/c17-12-5-1-11(2-6-12)16(21)19-13-7-3-10-4-8-15(18)20-14(10)9-13/h1-9H. The van der Waals surface area contributed by atoms with E-state index in [1.54, 1.807) is 36.4 Å². The van der Waals surface area contributed by atoms with E-state index in [1.165, 1.54) is 18.2 Å². The number of fused-ring (bicyclic) bond motifs is 1. The third-order valence-corrected chi connectivity index (χ3v) is 3.20. The molecule has 1 aromatic heterocycles. The van der Waals surface area contributed by atoms with Gasteiger partial charge in [0.05, 0.1) is 0 Å². The predicted octanol–water partition coefficient (Wildman–Crippen LogP) is 3.69. The van der Waals surface area contributed by atoms with Gasteiger partial charge >= 0.3 is 5.63 Å². The molecule has 0 unspecified atom stereocenters. The van der Waals surface area contributed by atoms with Crippen LogP contribution in [0.4, 0.5) is 4.39 Å². The van der Waals surface area contributed by atoms with Gasteiger partial charge in [0, 0.05) is 23.1 Å². The molecule has 0 saturated carbocycles. The van der Waals surface area contributed by atoms with Gasteiger partial charge in [-0.25, -0.2) is 9.18 Å². The van der Waals surface area contributed by atoms with Crippen LogP contribution in [-0.2, 0) is 0 Å². The van der Waals surface area contributed by atoms with Crippen LogP contribution in [0.3, 0.4) is 0 Å². The van der Waals surface area contributed by atoms with Gasteiger partial charge in [-0.3, -0.25) is 0 Å². The Labute approximate surface area is 124 Å². The Morgan fingerprint density at radius 2 is 1.76 bits per heavy atom. The first-order valence-corrected chi connectivity index (χ1v) is 6.54. The molecule has 0 aliphatic heterocycles. The molecule has 0 fully saturated rings. The number of ether oxygens (including phenoxy) is 1. The Balaban J connectivity index is 1.89. The third-order valence-electron chi connectivity index (χ3n) is 2.89. The molecule has 0 aliphatic carbocycles. The molecule has 0 radical (unpaired) electrons. The number of halogens is 1. The van der Waals surface area contributed by atoms with Crippen LogP contribution < -0.4 is 10.4 Å². The van der Waals surface area contributed by atoms with E-state index in [-0.39, 0.29) is 10.9 Å². The highest BCUT2D eigenvalue weighted by molar-refractivity contribution is 7.80. The summed E-state index contributed by atoms with van der Waals surface area (Å²) >= 11 is 5.16. The monoisotopic (exact) mass is 300 g/mol. The molecular formula is C16H9FO3S. The van der Waals surface area contributed by atoms with Crippen LogP contribution in [0.5, 0.6) is 5.75 Å². The number of hydrogen-bond acceptors (Lipinski definition) is 4. The molecule has 5 heteroatoms. The van der Waals surface area contributed by atoms with Gasteiger partial charge in [-0.15, -0.1) is 0 Å². The fraction of sp³-hybridized carbons (Fsp3) is 0. The summed E-state index contributed by atoms with van der Waals surface area (Å²) in [6.07, 6.45) is 0. The van der Waals surface area contributed by atoms with E-state index in [0.717, 1.165) is 5.39 Å². The SMILES string of the molecule is O=c1ccc2ccc(OC(=S)c3ccc(F)cc3)cc2o1. The maximum absolute atomic E-state index is 12.9. The van der Waals surface area contributed by atoms with E-state index >= 15 is 0 Å². The normalized spacial score (nSPS) is 10.5. The molecule has 0 atom stereocenters. The average Bonchev–Trinajstić information content (AvgIpc) is 2.47. The second-order valence-corrected chi connectivity index (χ2v) is 4.72. The molecule has 21 heavy (non-hydrogen) atoms. The molecule has 0 amide bonds. The zero-order valence-corrected chi connectivity index (χ0v) is 11.5. The molecule has 0 aliphatic rings. The smallest absolute Gasteiger partial charge is 0.336 e. The van der Waals surface area contributed by atoms with Gasteiger partial charge < -0.3 is 9.15 Å². The maximum Gasteiger partial charge on any atom is 0.336 e. The molecule has 0 bridgehead atoms. The Kier molecular flexibility index (Phi) is 3.50. The van der Waals surface area contributed by atoms with E-state index in [0.29, 0.717) is 16.9 Å². The highest BCUT2D eigenvalue weighted by atomic mass is 32.1. The Morgan fingerprint density at radius 1 is 1.05 bits per heavy atom. The second kappa shape index (κ2) is 5.46. The molecule has 0 spiro atoms. The molecule has 3 aromatic rings. The van der Waals surface area contributed by atoms with Crippen molar-refractivity contribution < 1.29 is 13.5 Å². The lowest BCUT2D eigenvalue weighted by molar-refractivity contribution is 0.546. The largest absolute Gasteiger partial charge is 0.445 e. The van der Waals surface area contributed by atoms with Crippen LogP contribution in [0.1, 0.15) is 5.56 Å². The van der Waals surface area contributed by atoms with Crippen LogP contribution >= 0.6 is 12.2 Å². The zero-order valence-electron chi connectivity index (χ0n) is 10.7. The molecule has 0 saturated heterocycles. The summed E-state index contributed by atoms with van der Waals surface area (Å²) in [6.45, 7) is 0. The number of thiocarbonyl (C=S) groups is 1. The lowest BCUT2D eigenvalue weighted by Gasteiger charge is -2.07. The number of hydrogen-bond donors (Lipinski definition) is 0. The minimum absolute atomic E-state index is 0.215. The van der Waals surface area contributed by atoms with E-state index in [9.17, 15) is 9.18 Å². The van der Waals surface area contributed by atoms with Crippen molar-refractivity contribution in [3.8, 4) is 5.75 Å². The van der Waals surface area contributed by atoms with Crippen molar-refractivity contribution in [1.29, 1.82) is 0 Å². The van der Waals surface area contributed by atoms with Gasteiger partial charge in [0.2, 0.25) is 0 Å². The summed E-state index contributed by atoms with van der Waals surface area (Å²) in [5.74, 6) is 0.111. The van der Waals surface area contributed by atoms with Crippen molar-refractivity contribution in [2.75, 3.05) is 0 Å². The summed E-state index contributed by atoms with van der Waals surface area (Å²) in [7, 11) is 0. The van der Waals surface area contributed by atoms with Gasteiger partial charge in [-0.1, -0.05) is 0 Å². The summed E-state index contributed by atoms with van der Waals surface area (Å²) in [5, 5.41) is 1.00. The maximum atomic E-state index is 12.9. The van der Waals surface area contributed by atoms with Crippen molar-refractivity contribution in [2.24, 2.45) is 0 Å². The van der Waals surface area contributed by atoms with E-state index in [1.807, 2.05) is 0 Å². The third kappa shape index (κ3) is 2.98. The zero-order chi connectivity index (χ0) is 14.8. The van der Waals surface area contributed by atoms with Crippen molar-refractivity contribution in [3.63, 3.8) is 0 Å². The first kappa shape index (κ1) is 13.5. The van der Waals surface area contributed by atoms with Crippen molar-refractivity contribution in [1.82, 2.24) is 0 Å². The van der Waals surface area contributed by atoms with Crippen molar-refractivity contribution in [3.05, 3.63) is 76.4 Å². The fourth-order valence-corrected chi connectivity index (χ4v) is 2.09. The van der Waals surface area contributed by atoms with Crippen LogP contribution in [-0.4, -0.2) is 5.05 Å². The topological polar surface area (TPSA) is 39.4 Å². The molecule has 2 aromatic carbocycles. The summed E-state index contributed by atoms with van der Waals surface area (Å²) in [4.78, 5) is 11.2. The van der Waals surface area contributed by atoms with Crippen molar-refractivity contribution >= 4 is 28.2 Å². The van der Waals surface area contributed by atoms with Gasteiger partial charge in [0.25, 0.3) is 0 Å². The lowest BCUT2D eigenvalue weighted by atomic mass is 10.2. The van der Waals surface area contributed by atoms with E-state index in [2.05, 4.69) is 0 Å². The molecule has 3 rings (SSSR count). The van der Waals surface area contributed by atoms with Crippen molar-refractivity contribution in [2.45, 2.75) is 0 Å². The number of benzene rings is 2. The minimum atomic E-state index is -0.430. The van der Waals surface area contributed by atoms with Crippen LogP contribution in [0.25, 0.3) is 11.0 Å². The van der Waals surface area contributed by atoms with Gasteiger partial charge in [-0.05, 0) is 54.7 Å². The van der Waals surface area contributed by atoms with Crippen LogP contribution in [0.2, 0.25) is 0 Å². The van der Waals surface area contributed by atoms with Crippen LogP contribution in [0.15, 0.2) is 63.8 Å². The molecule has 1 heterocycles. The lowest BCUT2D eigenvalue weighted by Crippen LogP contribution is -2.07. The average molecular weight is 300 g/mol. The molecule has 0 N–H and O–H groups in total. The summed E-state index contributed by atoms with van der Waals surface area (Å²) < 4.78 is 23.5. The highest BCUT2D eigenvalue weighted by Gasteiger charge is 2.06. The van der Waals surface area contributed by atoms with Crippen LogP contribution in [0, 0.1) is 5.82 Å². The molecular weight excluding hydrogens is 291 g/mol. The van der Waals surface area contributed by atoms with E-state index in [4.69, 9.17) is 21.4 Å². The first-order chi connectivity index (χ1) is 10.1. The minimum Gasteiger partial charge on any atom is -0.445 e. The van der Waals surface area contributed by atoms with Gasteiger partial charge in [0.15, 0.2) is 5.05 Å². The summed E-state index contributed by atoms with van der Waals surface area (Å²) in [5.41, 5.74) is 0.587. The molecule has 3 nitrogen and oxygen atoms in total. The van der Waals surface area contributed by atoms with Gasteiger partial charge in [-0.2, -0.15) is 0 Å². The fourth-order valence-electron chi connectivity index (χ4n) is 1.86. The predicted molar refractivity (Wildman–Crippen MR) is 81.2 cm³/mol. The molecule has 104 valence electrons. The van der Waals surface area contributed by atoms with Gasteiger partial charge in [0.1, 0.15) is 17.1 Å². The quantitative estimate of drug-likeness (QED) is 0.534. The second-order valence-electron chi connectivity index (χ2n) is 4.35. The Hall–Kier alpha value is -2.53. The Bertz CT molecular complexity index is 869. The summed E-state index contributed by atoms with van der Waals surface area (Å²) in [6, 6.07) is 13.8.